The van der Waals surface area contributed by atoms with Crippen LogP contribution in [0.1, 0.15) is 25.7 Å². The summed E-state index contributed by atoms with van der Waals surface area (Å²) in [6.45, 7) is 2.18. The monoisotopic (exact) mass is 230 g/mol. The van der Waals surface area contributed by atoms with E-state index < -0.39 is 0 Å². The molecule has 2 rings (SSSR count). The molecule has 1 saturated carbocycles. The van der Waals surface area contributed by atoms with Crippen LogP contribution in [0.3, 0.4) is 0 Å². The Morgan fingerprint density at radius 2 is 1.64 bits per heavy atom. The van der Waals surface area contributed by atoms with Crippen molar-refractivity contribution in [2.24, 2.45) is 5.92 Å². The number of hydrogen-bond acceptors (Lipinski definition) is 3. The molecule has 1 aliphatic heterocycles. The summed E-state index contributed by atoms with van der Waals surface area (Å²) >= 11 is 0. The molecule has 1 heterocycles. The van der Waals surface area contributed by atoms with Gasteiger partial charge in [0.05, 0.1) is 5.84 Å². The van der Waals surface area contributed by atoms with Crippen LogP contribution in [-0.4, -0.2) is 35.3 Å². The maximum atomic E-state index is 8.18. The Kier molecular flexibility index (Phi) is 4.05. The maximum absolute atomic E-state index is 8.18. The fourth-order valence-corrected chi connectivity index (χ4v) is 4.20. The van der Waals surface area contributed by atoms with Gasteiger partial charge < -0.3 is 4.90 Å². The van der Waals surface area contributed by atoms with Crippen molar-refractivity contribution in [3.63, 3.8) is 0 Å². The van der Waals surface area contributed by atoms with Crippen molar-refractivity contribution in [2.45, 2.75) is 25.7 Å². The molecule has 0 aromatic heterocycles. The van der Waals surface area contributed by atoms with Gasteiger partial charge in [-0.25, -0.2) is 0 Å². The lowest BCUT2D eigenvalue weighted by molar-refractivity contribution is 0.435. The Labute approximate surface area is 94.1 Å². The summed E-state index contributed by atoms with van der Waals surface area (Å²) in [7, 11) is 3.92. The molecule has 14 heavy (non-hydrogen) atoms. The van der Waals surface area contributed by atoms with E-state index in [2.05, 4.69) is 4.90 Å². The quantitative estimate of drug-likeness (QED) is 0.426. The van der Waals surface area contributed by atoms with Gasteiger partial charge in [0.25, 0.3) is 0 Å². The van der Waals surface area contributed by atoms with Gasteiger partial charge in [0.15, 0.2) is 0 Å². The summed E-state index contributed by atoms with van der Waals surface area (Å²) in [5.41, 5.74) is 0. The van der Waals surface area contributed by atoms with Crippen molar-refractivity contribution in [3.8, 4) is 0 Å². The summed E-state index contributed by atoms with van der Waals surface area (Å²) in [6, 6.07) is 0. The van der Waals surface area contributed by atoms with Gasteiger partial charge in [-0.15, -0.1) is 0 Å². The average Bonchev–Trinajstić information content (AvgIpc) is 2.59. The van der Waals surface area contributed by atoms with Gasteiger partial charge in [0.1, 0.15) is 0 Å². The zero-order chi connectivity index (χ0) is 9.80. The molecular weight excluding hydrogens is 212 g/mol. The SMILES string of the molecule is N=C(C1CCCC1)N1CCSSCC1. The predicted octanol–water partition coefficient (Wildman–Crippen LogP) is 2.85. The smallest absolute Gasteiger partial charge is 0.0990 e. The van der Waals surface area contributed by atoms with Crippen LogP contribution < -0.4 is 0 Å². The maximum Gasteiger partial charge on any atom is 0.0990 e. The molecule has 0 atom stereocenters. The Morgan fingerprint density at radius 3 is 2.21 bits per heavy atom. The molecule has 0 amide bonds. The predicted molar refractivity (Wildman–Crippen MR) is 66.2 cm³/mol. The van der Waals surface area contributed by atoms with Crippen molar-refractivity contribution < 1.29 is 0 Å². The molecule has 1 N–H and O–H groups in total. The molecule has 0 bridgehead atoms. The van der Waals surface area contributed by atoms with Gasteiger partial charge in [-0.05, 0) is 12.8 Å². The molecular formula is C10H18N2S2. The number of rotatable bonds is 1. The number of hydrogen-bond donors (Lipinski definition) is 1. The van der Waals surface area contributed by atoms with Crippen LogP contribution in [-0.2, 0) is 0 Å². The second-order valence-corrected chi connectivity index (χ2v) is 6.70. The van der Waals surface area contributed by atoms with E-state index in [9.17, 15) is 0 Å². The lowest BCUT2D eigenvalue weighted by Gasteiger charge is -2.26. The van der Waals surface area contributed by atoms with E-state index >= 15 is 0 Å². The standard InChI is InChI=1S/C10H18N2S2/c11-10(9-3-1-2-4-9)12-5-7-13-14-8-6-12/h9,11H,1-8H2. The summed E-state index contributed by atoms with van der Waals surface area (Å²) in [4.78, 5) is 2.31. The van der Waals surface area contributed by atoms with Gasteiger partial charge in [-0.3, -0.25) is 5.41 Å². The van der Waals surface area contributed by atoms with Crippen LogP contribution in [0.2, 0.25) is 0 Å². The van der Waals surface area contributed by atoms with Gasteiger partial charge in [0, 0.05) is 30.5 Å². The minimum atomic E-state index is 0.586. The summed E-state index contributed by atoms with van der Waals surface area (Å²) in [5.74, 6) is 3.88. The van der Waals surface area contributed by atoms with Gasteiger partial charge in [-0.2, -0.15) is 0 Å². The molecule has 4 heteroatoms. The summed E-state index contributed by atoms with van der Waals surface area (Å²) in [6.07, 6.45) is 5.19. The van der Waals surface area contributed by atoms with E-state index in [1.54, 1.807) is 0 Å². The van der Waals surface area contributed by atoms with E-state index in [4.69, 9.17) is 5.41 Å². The molecule has 0 aromatic carbocycles. The molecule has 0 unspecified atom stereocenters. The molecule has 1 aliphatic carbocycles. The van der Waals surface area contributed by atoms with Crippen molar-refractivity contribution in [1.82, 2.24) is 4.90 Å². The highest BCUT2D eigenvalue weighted by atomic mass is 33.1. The fourth-order valence-electron chi connectivity index (χ4n) is 2.22. The minimum Gasteiger partial charge on any atom is -0.359 e. The molecule has 80 valence electrons. The second-order valence-electron chi connectivity index (χ2n) is 4.00. The third-order valence-corrected chi connectivity index (χ3v) is 5.42. The highest BCUT2D eigenvalue weighted by Crippen LogP contribution is 2.29. The zero-order valence-corrected chi connectivity index (χ0v) is 10.1. The molecule has 0 spiro atoms. The molecule has 1 saturated heterocycles. The Morgan fingerprint density at radius 1 is 1.07 bits per heavy atom. The van der Waals surface area contributed by atoms with Gasteiger partial charge in [-0.1, -0.05) is 34.4 Å². The van der Waals surface area contributed by atoms with E-state index in [-0.39, 0.29) is 0 Å². The Bertz CT molecular complexity index is 194. The number of nitrogens with zero attached hydrogens (tertiary/aromatic N) is 1. The molecule has 2 fully saturated rings. The normalized spacial score (nSPS) is 25.0. The molecule has 2 nitrogen and oxygen atoms in total. The highest BCUT2D eigenvalue weighted by Gasteiger charge is 2.24. The van der Waals surface area contributed by atoms with Crippen LogP contribution >= 0.6 is 21.6 Å². The van der Waals surface area contributed by atoms with Crippen LogP contribution in [0.15, 0.2) is 0 Å². The first-order valence-electron chi connectivity index (χ1n) is 5.46. The summed E-state index contributed by atoms with van der Waals surface area (Å²) < 4.78 is 0. The van der Waals surface area contributed by atoms with E-state index in [1.165, 1.54) is 37.2 Å². The second kappa shape index (κ2) is 5.31. The Hall–Kier alpha value is 0.170. The van der Waals surface area contributed by atoms with E-state index in [0.29, 0.717) is 5.92 Å². The minimum absolute atomic E-state index is 0.586. The average molecular weight is 230 g/mol. The van der Waals surface area contributed by atoms with Crippen LogP contribution in [0.4, 0.5) is 0 Å². The number of amidine groups is 1. The Balaban J connectivity index is 1.88. The molecule has 2 aliphatic rings. The molecule has 0 radical (unpaired) electrons. The highest BCUT2D eigenvalue weighted by molar-refractivity contribution is 8.76. The lowest BCUT2D eigenvalue weighted by atomic mass is 10.1. The van der Waals surface area contributed by atoms with Crippen molar-refractivity contribution >= 4 is 27.4 Å². The first-order chi connectivity index (χ1) is 6.88. The van der Waals surface area contributed by atoms with Gasteiger partial charge in [0.2, 0.25) is 0 Å². The zero-order valence-electron chi connectivity index (χ0n) is 8.50. The summed E-state index contributed by atoms with van der Waals surface area (Å²) in [5, 5.41) is 8.18. The number of nitrogens with one attached hydrogen (secondary N) is 1. The van der Waals surface area contributed by atoms with Crippen LogP contribution in [0.5, 0.6) is 0 Å². The fraction of sp³-hybridized carbons (Fsp3) is 0.900. The van der Waals surface area contributed by atoms with Gasteiger partial charge >= 0.3 is 0 Å². The van der Waals surface area contributed by atoms with E-state index in [0.717, 1.165) is 18.9 Å². The largest absolute Gasteiger partial charge is 0.359 e. The van der Waals surface area contributed by atoms with Crippen molar-refractivity contribution in [3.05, 3.63) is 0 Å². The van der Waals surface area contributed by atoms with Crippen LogP contribution in [0, 0.1) is 11.3 Å². The lowest BCUT2D eigenvalue weighted by Crippen LogP contribution is -2.37. The van der Waals surface area contributed by atoms with Crippen LogP contribution in [0.25, 0.3) is 0 Å². The third kappa shape index (κ3) is 2.60. The van der Waals surface area contributed by atoms with Crippen molar-refractivity contribution in [2.75, 3.05) is 24.6 Å². The first-order valence-corrected chi connectivity index (χ1v) is 7.94. The molecule has 0 aromatic rings. The van der Waals surface area contributed by atoms with E-state index in [1.807, 2.05) is 21.6 Å². The third-order valence-electron chi connectivity index (χ3n) is 3.05. The first kappa shape index (κ1) is 10.7. The van der Waals surface area contributed by atoms with Crippen molar-refractivity contribution in [1.29, 1.82) is 5.41 Å². The topological polar surface area (TPSA) is 27.1 Å².